The first-order chi connectivity index (χ1) is 9.61. The van der Waals surface area contributed by atoms with Gasteiger partial charge in [0.05, 0.1) is 13.2 Å². The topological polar surface area (TPSA) is 47.6 Å². The molecular weight excluding hydrogens is 254 g/mol. The van der Waals surface area contributed by atoms with Crippen LogP contribution in [-0.2, 0) is 15.1 Å². The van der Waals surface area contributed by atoms with Crippen LogP contribution in [0.25, 0.3) is 0 Å². The van der Waals surface area contributed by atoms with Gasteiger partial charge in [-0.3, -0.25) is 5.32 Å². The van der Waals surface area contributed by atoms with E-state index in [0.29, 0.717) is 19.3 Å². The molecule has 0 aliphatic heterocycles. The quantitative estimate of drug-likeness (QED) is 0.778. The molecule has 4 heteroatoms. The highest BCUT2D eigenvalue weighted by Gasteiger charge is 2.42. The average Bonchev–Trinajstić information content (AvgIpc) is 3.23. The Kier molecular flexibility index (Phi) is 4.65. The lowest BCUT2D eigenvalue weighted by molar-refractivity contribution is -0.151. The monoisotopic (exact) mass is 277 g/mol. The Hall–Kier alpha value is -1.55. The number of esters is 1. The van der Waals surface area contributed by atoms with Crippen molar-refractivity contribution in [2.24, 2.45) is 0 Å². The van der Waals surface area contributed by atoms with Crippen LogP contribution in [0.3, 0.4) is 0 Å². The van der Waals surface area contributed by atoms with Crippen molar-refractivity contribution in [3.63, 3.8) is 0 Å². The molecule has 0 aromatic heterocycles. The van der Waals surface area contributed by atoms with Crippen LogP contribution in [0.5, 0.6) is 5.75 Å². The first-order valence-electron chi connectivity index (χ1n) is 7.29. The highest BCUT2D eigenvalue weighted by molar-refractivity contribution is 5.83. The van der Waals surface area contributed by atoms with Gasteiger partial charge in [0, 0.05) is 11.6 Å². The number of carbonyl (C=O) groups is 1. The summed E-state index contributed by atoms with van der Waals surface area (Å²) in [5.74, 6) is 0.484. The van der Waals surface area contributed by atoms with Gasteiger partial charge in [-0.2, -0.15) is 0 Å². The molecule has 0 amide bonds. The smallest absolute Gasteiger partial charge is 0.330 e. The minimum absolute atomic E-state index is 0.251. The summed E-state index contributed by atoms with van der Waals surface area (Å²) in [6, 6.07) is 8.04. The van der Waals surface area contributed by atoms with Gasteiger partial charge in [-0.05, 0) is 39.7 Å². The van der Waals surface area contributed by atoms with Crippen molar-refractivity contribution >= 4 is 5.97 Å². The molecule has 0 heterocycles. The number of para-hydroxylation sites is 1. The third-order valence-electron chi connectivity index (χ3n) is 3.48. The van der Waals surface area contributed by atoms with E-state index in [1.54, 1.807) is 0 Å². The highest BCUT2D eigenvalue weighted by atomic mass is 16.5. The summed E-state index contributed by atoms with van der Waals surface area (Å²) < 4.78 is 10.9. The fourth-order valence-corrected chi connectivity index (χ4v) is 2.32. The molecule has 1 unspecified atom stereocenters. The Labute approximate surface area is 120 Å². The summed E-state index contributed by atoms with van der Waals surface area (Å²) in [6.45, 7) is 6.58. The normalized spacial score (nSPS) is 17.4. The average molecular weight is 277 g/mol. The number of carbonyl (C=O) groups excluding carboxylic acids is 1. The summed E-state index contributed by atoms with van der Waals surface area (Å²) in [4.78, 5) is 12.4. The van der Waals surface area contributed by atoms with Crippen molar-refractivity contribution in [1.82, 2.24) is 5.32 Å². The Morgan fingerprint density at radius 1 is 1.30 bits per heavy atom. The first kappa shape index (κ1) is 14.9. The summed E-state index contributed by atoms with van der Waals surface area (Å²) in [5, 5.41) is 3.41. The minimum atomic E-state index is -0.858. The minimum Gasteiger partial charge on any atom is -0.494 e. The molecule has 1 atom stereocenters. The summed E-state index contributed by atoms with van der Waals surface area (Å²) >= 11 is 0. The van der Waals surface area contributed by atoms with Gasteiger partial charge in [0.25, 0.3) is 0 Å². The predicted octanol–water partition coefficient (Wildman–Crippen LogP) is 2.62. The molecule has 0 radical (unpaired) electrons. The van der Waals surface area contributed by atoms with E-state index in [4.69, 9.17) is 9.47 Å². The third kappa shape index (κ3) is 3.12. The molecule has 0 bridgehead atoms. The maximum atomic E-state index is 12.4. The van der Waals surface area contributed by atoms with Gasteiger partial charge in [-0.1, -0.05) is 18.2 Å². The number of rotatable bonds is 7. The zero-order valence-electron chi connectivity index (χ0n) is 12.4. The van der Waals surface area contributed by atoms with E-state index < -0.39 is 5.54 Å². The van der Waals surface area contributed by atoms with Crippen LogP contribution in [0.4, 0.5) is 0 Å². The predicted molar refractivity (Wildman–Crippen MR) is 77.8 cm³/mol. The van der Waals surface area contributed by atoms with Crippen LogP contribution in [0.15, 0.2) is 24.3 Å². The maximum Gasteiger partial charge on any atom is 0.330 e. The van der Waals surface area contributed by atoms with Gasteiger partial charge in [0.15, 0.2) is 0 Å². The fraction of sp³-hybridized carbons (Fsp3) is 0.562. The molecule has 110 valence electrons. The van der Waals surface area contributed by atoms with Gasteiger partial charge in [-0.15, -0.1) is 0 Å². The molecule has 1 N–H and O–H groups in total. The molecule has 0 saturated heterocycles. The number of ether oxygens (including phenoxy) is 2. The first-order valence-corrected chi connectivity index (χ1v) is 7.29. The van der Waals surface area contributed by atoms with E-state index in [2.05, 4.69) is 5.32 Å². The molecule has 1 saturated carbocycles. The molecule has 20 heavy (non-hydrogen) atoms. The van der Waals surface area contributed by atoms with E-state index >= 15 is 0 Å². The van der Waals surface area contributed by atoms with Gasteiger partial charge < -0.3 is 9.47 Å². The van der Waals surface area contributed by atoms with Crippen LogP contribution in [-0.4, -0.2) is 25.2 Å². The summed E-state index contributed by atoms with van der Waals surface area (Å²) in [5.41, 5.74) is -0.0182. The third-order valence-corrected chi connectivity index (χ3v) is 3.48. The van der Waals surface area contributed by atoms with Crippen LogP contribution >= 0.6 is 0 Å². The summed E-state index contributed by atoms with van der Waals surface area (Å²) in [6.07, 6.45) is 2.21. The molecule has 1 fully saturated rings. The van der Waals surface area contributed by atoms with Crippen molar-refractivity contribution in [2.75, 3.05) is 13.2 Å². The van der Waals surface area contributed by atoms with Crippen LogP contribution in [0.1, 0.15) is 39.2 Å². The lowest BCUT2D eigenvalue weighted by Gasteiger charge is -2.30. The molecule has 1 aliphatic carbocycles. The highest BCUT2D eigenvalue weighted by Crippen LogP contribution is 2.34. The second kappa shape index (κ2) is 6.27. The zero-order chi connectivity index (χ0) is 14.6. The standard InChI is InChI=1S/C16H23NO3/c1-4-19-14-9-7-6-8-13(14)16(3,15(18)20-5-2)17-12-10-11-12/h6-9,12,17H,4-5,10-11H2,1-3H3. The van der Waals surface area contributed by atoms with Crippen molar-refractivity contribution in [2.45, 2.75) is 45.2 Å². The van der Waals surface area contributed by atoms with E-state index in [-0.39, 0.29) is 5.97 Å². The second-order valence-corrected chi connectivity index (χ2v) is 5.19. The Balaban J connectivity index is 2.36. The largest absolute Gasteiger partial charge is 0.494 e. The molecular formula is C16H23NO3. The van der Waals surface area contributed by atoms with Crippen molar-refractivity contribution in [3.05, 3.63) is 29.8 Å². The summed E-state index contributed by atoms with van der Waals surface area (Å²) in [7, 11) is 0. The maximum absolute atomic E-state index is 12.4. The fourth-order valence-electron chi connectivity index (χ4n) is 2.32. The van der Waals surface area contributed by atoms with E-state index in [0.717, 1.165) is 24.2 Å². The second-order valence-electron chi connectivity index (χ2n) is 5.19. The lowest BCUT2D eigenvalue weighted by Crippen LogP contribution is -2.49. The van der Waals surface area contributed by atoms with E-state index in [1.165, 1.54) is 0 Å². The zero-order valence-corrected chi connectivity index (χ0v) is 12.4. The SMILES string of the molecule is CCOC(=O)C(C)(NC1CC1)c1ccccc1OCC. The van der Waals surface area contributed by atoms with E-state index in [1.807, 2.05) is 45.0 Å². The van der Waals surface area contributed by atoms with Crippen molar-refractivity contribution < 1.29 is 14.3 Å². The molecule has 2 rings (SSSR count). The number of benzene rings is 1. The van der Waals surface area contributed by atoms with Gasteiger partial charge in [0.2, 0.25) is 0 Å². The number of nitrogens with one attached hydrogen (secondary N) is 1. The van der Waals surface area contributed by atoms with Crippen LogP contribution in [0.2, 0.25) is 0 Å². The molecule has 1 aromatic carbocycles. The van der Waals surface area contributed by atoms with Gasteiger partial charge in [-0.25, -0.2) is 4.79 Å². The number of hydrogen-bond acceptors (Lipinski definition) is 4. The number of hydrogen-bond donors (Lipinski definition) is 1. The molecule has 1 aromatic rings. The van der Waals surface area contributed by atoms with Gasteiger partial charge in [0.1, 0.15) is 11.3 Å². The Morgan fingerprint density at radius 2 is 2.00 bits per heavy atom. The van der Waals surface area contributed by atoms with E-state index in [9.17, 15) is 4.79 Å². The van der Waals surface area contributed by atoms with Crippen LogP contribution < -0.4 is 10.1 Å². The molecule has 1 aliphatic rings. The van der Waals surface area contributed by atoms with Crippen molar-refractivity contribution in [1.29, 1.82) is 0 Å². The lowest BCUT2D eigenvalue weighted by atomic mass is 9.90. The Bertz CT molecular complexity index is 471. The van der Waals surface area contributed by atoms with Crippen molar-refractivity contribution in [3.8, 4) is 5.75 Å². The molecule has 4 nitrogen and oxygen atoms in total. The van der Waals surface area contributed by atoms with Crippen LogP contribution in [0, 0.1) is 0 Å². The Morgan fingerprint density at radius 3 is 2.60 bits per heavy atom. The molecule has 0 spiro atoms. The van der Waals surface area contributed by atoms with Gasteiger partial charge >= 0.3 is 5.97 Å².